The lowest BCUT2D eigenvalue weighted by Crippen LogP contribution is -2.47. The first kappa shape index (κ1) is 26.9. The van der Waals surface area contributed by atoms with E-state index >= 15 is 0 Å². The van der Waals surface area contributed by atoms with E-state index in [1.165, 1.54) is 16.7 Å². The highest BCUT2D eigenvalue weighted by molar-refractivity contribution is 6.42. The summed E-state index contributed by atoms with van der Waals surface area (Å²) in [5.41, 5.74) is 5.74. The second-order valence-corrected chi connectivity index (χ2v) is 11.6. The third-order valence-electron chi connectivity index (χ3n) is 7.43. The molecule has 38 heavy (non-hydrogen) atoms. The molecule has 0 aromatic heterocycles. The predicted molar refractivity (Wildman–Crippen MR) is 151 cm³/mol. The van der Waals surface area contributed by atoms with Gasteiger partial charge in [0.25, 0.3) is 0 Å². The van der Waals surface area contributed by atoms with E-state index in [9.17, 15) is 9.90 Å². The lowest BCUT2D eigenvalue weighted by atomic mass is 9.86. The molecule has 0 saturated heterocycles. The van der Waals surface area contributed by atoms with E-state index in [4.69, 9.17) is 32.7 Å². The Labute approximate surface area is 234 Å². The van der Waals surface area contributed by atoms with Crippen molar-refractivity contribution >= 4 is 29.2 Å². The third kappa shape index (κ3) is 6.12. The first-order valence-corrected chi connectivity index (χ1v) is 13.9. The number of nitrogens with zero attached hydrogens (tertiary/aromatic N) is 1. The number of halogens is 2. The predicted octanol–water partition coefficient (Wildman–Crippen LogP) is 7.15. The van der Waals surface area contributed by atoms with Crippen LogP contribution in [0.15, 0.2) is 54.6 Å². The maximum Gasteiger partial charge on any atom is 0.321 e. The number of hydrogen-bond acceptors (Lipinski definition) is 4. The molecule has 200 valence electrons. The lowest BCUT2D eigenvalue weighted by Gasteiger charge is -2.36. The smallest absolute Gasteiger partial charge is 0.321 e. The molecule has 3 aromatic rings. The van der Waals surface area contributed by atoms with Crippen molar-refractivity contribution in [2.45, 2.75) is 58.2 Å². The van der Waals surface area contributed by atoms with Gasteiger partial charge in [-0.25, -0.2) is 0 Å². The lowest BCUT2D eigenvalue weighted by molar-refractivity contribution is -0.144. The van der Waals surface area contributed by atoms with Crippen molar-refractivity contribution in [3.05, 3.63) is 92.5 Å². The molecule has 0 aliphatic carbocycles. The van der Waals surface area contributed by atoms with Crippen LogP contribution in [-0.2, 0) is 30.8 Å². The quantitative estimate of drug-likeness (QED) is 0.336. The van der Waals surface area contributed by atoms with Crippen molar-refractivity contribution in [1.82, 2.24) is 4.90 Å². The number of benzene rings is 3. The monoisotopic (exact) mass is 553 g/mol. The Balaban J connectivity index is 1.29. The SMILES string of the molecule is CC(C)CN1Cc2cc3c(cc2C[C@H]1C(=O)O)OCC[C@@H](c1ccc(OCc2ccc(Cl)c(Cl)c2)cc1)C3. The molecule has 0 spiro atoms. The fourth-order valence-electron chi connectivity index (χ4n) is 5.52. The minimum Gasteiger partial charge on any atom is -0.493 e. The van der Waals surface area contributed by atoms with Crippen LogP contribution >= 0.6 is 23.2 Å². The average Bonchev–Trinajstić information content (AvgIpc) is 3.09. The minimum absolute atomic E-state index is 0.334. The summed E-state index contributed by atoms with van der Waals surface area (Å²) in [5, 5.41) is 10.9. The van der Waals surface area contributed by atoms with Crippen molar-refractivity contribution in [2.75, 3.05) is 13.2 Å². The third-order valence-corrected chi connectivity index (χ3v) is 8.17. The molecule has 0 fully saturated rings. The molecule has 0 bridgehead atoms. The second kappa shape index (κ2) is 11.6. The van der Waals surface area contributed by atoms with Gasteiger partial charge in [-0.3, -0.25) is 9.69 Å². The molecule has 2 aliphatic rings. The van der Waals surface area contributed by atoms with Gasteiger partial charge in [-0.15, -0.1) is 0 Å². The maximum atomic E-state index is 12.0. The van der Waals surface area contributed by atoms with Crippen molar-refractivity contribution in [3.63, 3.8) is 0 Å². The van der Waals surface area contributed by atoms with Crippen molar-refractivity contribution in [1.29, 1.82) is 0 Å². The first-order valence-electron chi connectivity index (χ1n) is 13.2. The zero-order chi connectivity index (χ0) is 26.8. The normalized spacial score (nSPS) is 19.3. The van der Waals surface area contributed by atoms with Gasteiger partial charge in [0, 0.05) is 13.1 Å². The Kier molecular flexibility index (Phi) is 8.18. The summed E-state index contributed by atoms with van der Waals surface area (Å²) in [6.45, 7) is 6.75. The van der Waals surface area contributed by atoms with Crippen LogP contribution in [0.4, 0.5) is 0 Å². The zero-order valence-corrected chi connectivity index (χ0v) is 23.3. The molecular weight excluding hydrogens is 521 g/mol. The van der Waals surface area contributed by atoms with Crippen LogP contribution in [0, 0.1) is 5.92 Å². The molecule has 5 nitrogen and oxygen atoms in total. The highest BCUT2D eigenvalue weighted by atomic mass is 35.5. The van der Waals surface area contributed by atoms with Crippen molar-refractivity contribution in [2.24, 2.45) is 5.92 Å². The number of carbonyl (C=O) groups is 1. The minimum atomic E-state index is -0.753. The van der Waals surface area contributed by atoms with Crippen molar-refractivity contribution in [3.8, 4) is 11.5 Å². The van der Waals surface area contributed by atoms with Crippen LogP contribution in [0.1, 0.15) is 54.0 Å². The molecule has 2 heterocycles. The van der Waals surface area contributed by atoms with Gasteiger partial charge in [0.1, 0.15) is 24.1 Å². The zero-order valence-electron chi connectivity index (χ0n) is 21.8. The molecular formula is C31H33Cl2NO4. The number of fused-ring (bicyclic) bond motifs is 2. The van der Waals surface area contributed by atoms with E-state index < -0.39 is 12.0 Å². The van der Waals surface area contributed by atoms with Gasteiger partial charge in [-0.1, -0.05) is 61.3 Å². The summed E-state index contributed by atoms with van der Waals surface area (Å²) < 4.78 is 12.1. The van der Waals surface area contributed by atoms with Gasteiger partial charge in [-0.05, 0) is 89.2 Å². The molecule has 0 unspecified atom stereocenters. The van der Waals surface area contributed by atoms with Crippen LogP contribution in [0.5, 0.6) is 11.5 Å². The van der Waals surface area contributed by atoms with Crippen LogP contribution in [0.2, 0.25) is 10.0 Å². The molecule has 1 N–H and O–H groups in total. The van der Waals surface area contributed by atoms with Gasteiger partial charge >= 0.3 is 5.97 Å². The number of carboxylic acids is 1. The maximum absolute atomic E-state index is 12.0. The Morgan fingerprint density at radius 3 is 2.53 bits per heavy atom. The first-order chi connectivity index (χ1) is 18.3. The van der Waals surface area contributed by atoms with E-state index in [2.05, 4.69) is 43.0 Å². The molecule has 5 rings (SSSR count). The standard InChI is InChI=1S/C31H33Cl2NO4/c1-19(2)16-34-17-25-13-24-12-22(9-10-37-30(24)15-23(25)14-29(34)31(35)36)21-4-6-26(7-5-21)38-18-20-3-8-27(32)28(33)11-20/h3-8,11,13,15,19,22,29H,9-10,12,14,16-18H2,1-2H3,(H,35,36)/t22-,29+/m1/s1. The Bertz CT molecular complexity index is 1310. The van der Waals surface area contributed by atoms with E-state index in [0.29, 0.717) is 48.1 Å². The number of hydrogen-bond donors (Lipinski definition) is 1. The molecule has 0 saturated carbocycles. The largest absolute Gasteiger partial charge is 0.493 e. The second-order valence-electron chi connectivity index (χ2n) is 10.8. The number of carboxylic acid groups (broad SMARTS) is 1. The van der Waals surface area contributed by atoms with Crippen molar-refractivity contribution < 1.29 is 19.4 Å². The topological polar surface area (TPSA) is 59.0 Å². The van der Waals surface area contributed by atoms with E-state index in [-0.39, 0.29) is 0 Å². The molecule has 0 radical (unpaired) electrons. The summed E-state index contributed by atoms with van der Waals surface area (Å²) in [6.07, 6.45) is 2.32. The number of aliphatic carboxylic acids is 1. The highest BCUT2D eigenvalue weighted by Crippen LogP contribution is 2.37. The van der Waals surface area contributed by atoms with Crippen LogP contribution in [-0.4, -0.2) is 35.2 Å². The fourth-order valence-corrected chi connectivity index (χ4v) is 5.84. The Morgan fingerprint density at radius 1 is 1.03 bits per heavy atom. The molecule has 2 atom stereocenters. The van der Waals surface area contributed by atoms with Crippen LogP contribution in [0.25, 0.3) is 0 Å². The fraction of sp³-hybridized carbons (Fsp3) is 0.387. The summed E-state index contributed by atoms with van der Waals surface area (Å²) in [6, 6.07) is 17.7. The van der Waals surface area contributed by atoms with Gasteiger partial charge in [0.15, 0.2) is 0 Å². The molecule has 3 aromatic carbocycles. The van der Waals surface area contributed by atoms with Gasteiger partial charge in [0.2, 0.25) is 0 Å². The summed E-state index contributed by atoms with van der Waals surface area (Å²) in [4.78, 5) is 14.1. The van der Waals surface area contributed by atoms with Gasteiger partial charge in [-0.2, -0.15) is 0 Å². The van der Waals surface area contributed by atoms with E-state index in [0.717, 1.165) is 42.0 Å². The van der Waals surface area contributed by atoms with Crippen LogP contribution in [0.3, 0.4) is 0 Å². The summed E-state index contributed by atoms with van der Waals surface area (Å²) in [7, 11) is 0. The Hall–Kier alpha value is -2.73. The van der Waals surface area contributed by atoms with Gasteiger partial charge < -0.3 is 14.6 Å². The Morgan fingerprint density at radius 2 is 1.82 bits per heavy atom. The van der Waals surface area contributed by atoms with Crippen LogP contribution < -0.4 is 9.47 Å². The summed E-state index contributed by atoms with van der Waals surface area (Å²) >= 11 is 12.1. The average molecular weight is 555 g/mol. The van der Waals surface area contributed by atoms with E-state index in [1.807, 2.05) is 24.3 Å². The summed E-state index contributed by atoms with van der Waals surface area (Å²) in [5.74, 6) is 1.69. The van der Waals surface area contributed by atoms with Gasteiger partial charge in [0.05, 0.1) is 16.7 Å². The van der Waals surface area contributed by atoms with E-state index in [1.54, 1.807) is 6.07 Å². The number of rotatable bonds is 7. The molecule has 7 heteroatoms. The highest BCUT2D eigenvalue weighted by Gasteiger charge is 2.33. The molecule has 2 aliphatic heterocycles. The number of ether oxygens (including phenoxy) is 2. The molecule has 0 amide bonds.